The van der Waals surface area contributed by atoms with E-state index in [-0.39, 0.29) is 5.78 Å². The van der Waals surface area contributed by atoms with Crippen molar-refractivity contribution in [3.05, 3.63) is 29.8 Å². The van der Waals surface area contributed by atoms with Crippen LogP contribution in [0, 0.1) is 0 Å². The first kappa shape index (κ1) is 15.6. The fourth-order valence-electron chi connectivity index (χ4n) is 2.58. The quantitative estimate of drug-likeness (QED) is 0.724. The maximum absolute atomic E-state index is 11.9. The van der Waals surface area contributed by atoms with Crippen LogP contribution in [0.1, 0.15) is 24.8 Å². The van der Waals surface area contributed by atoms with Crippen molar-refractivity contribution in [3.8, 4) is 11.5 Å². The minimum Gasteiger partial charge on any atom is -0.493 e. The highest BCUT2D eigenvalue weighted by Gasteiger charge is 2.12. The van der Waals surface area contributed by atoms with Gasteiger partial charge in [-0.3, -0.25) is 4.79 Å². The highest BCUT2D eigenvalue weighted by atomic mass is 16.5. The zero-order chi connectivity index (χ0) is 15.1. The topological polar surface area (TPSA) is 38.8 Å². The summed E-state index contributed by atoms with van der Waals surface area (Å²) in [6.45, 7) is 3.11. The fourth-order valence-corrected chi connectivity index (χ4v) is 2.58. The normalized spacial score (nSPS) is 15.5. The van der Waals surface area contributed by atoms with E-state index < -0.39 is 0 Å². The van der Waals surface area contributed by atoms with Crippen molar-refractivity contribution in [2.24, 2.45) is 0 Å². The van der Waals surface area contributed by atoms with Crippen LogP contribution in [0.4, 0.5) is 0 Å². The molecule has 1 heterocycles. The molecule has 1 aliphatic heterocycles. The number of allylic oxidation sites excluding steroid dienone is 1. The molecule has 0 saturated carbocycles. The van der Waals surface area contributed by atoms with E-state index in [4.69, 9.17) is 9.47 Å². The van der Waals surface area contributed by atoms with Crippen LogP contribution < -0.4 is 9.47 Å². The molecule has 0 atom stereocenters. The van der Waals surface area contributed by atoms with Crippen molar-refractivity contribution in [1.29, 1.82) is 0 Å². The number of ketones is 1. The summed E-state index contributed by atoms with van der Waals surface area (Å²) in [7, 11) is 3.21. The summed E-state index contributed by atoms with van der Waals surface area (Å²) < 4.78 is 10.6. The van der Waals surface area contributed by atoms with E-state index >= 15 is 0 Å². The van der Waals surface area contributed by atoms with Gasteiger partial charge in [-0.25, -0.2) is 0 Å². The number of hydrogen-bond acceptors (Lipinski definition) is 4. The summed E-state index contributed by atoms with van der Waals surface area (Å²) in [6.07, 6.45) is 6.51. The first-order chi connectivity index (χ1) is 10.2. The molecule has 1 saturated heterocycles. The molecule has 21 heavy (non-hydrogen) atoms. The van der Waals surface area contributed by atoms with Crippen molar-refractivity contribution < 1.29 is 14.3 Å². The SMILES string of the molecule is COc1cccc(/C=C\C(=O)CCN2CCCC2)c1OC. The van der Waals surface area contributed by atoms with Crippen LogP contribution in [0.5, 0.6) is 11.5 Å². The molecular formula is C17H23NO3. The zero-order valence-electron chi connectivity index (χ0n) is 12.8. The molecule has 0 bridgehead atoms. The molecule has 0 radical (unpaired) electrons. The Morgan fingerprint density at radius 1 is 1.24 bits per heavy atom. The smallest absolute Gasteiger partial charge is 0.167 e. The summed E-state index contributed by atoms with van der Waals surface area (Å²) in [5.74, 6) is 1.47. The molecule has 4 nitrogen and oxygen atoms in total. The van der Waals surface area contributed by atoms with Gasteiger partial charge in [0.2, 0.25) is 0 Å². The molecule has 0 N–H and O–H groups in total. The third-order valence-corrected chi connectivity index (χ3v) is 3.76. The minimum atomic E-state index is 0.145. The van der Waals surface area contributed by atoms with Crippen LogP contribution in [0.25, 0.3) is 6.08 Å². The van der Waals surface area contributed by atoms with E-state index in [1.54, 1.807) is 26.4 Å². The van der Waals surface area contributed by atoms with Gasteiger partial charge in [0.25, 0.3) is 0 Å². The minimum absolute atomic E-state index is 0.145. The number of likely N-dealkylation sites (tertiary alicyclic amines) is 1. The molecule has 2 rings (SSSR count). The van der Waals surface area contributed by atoms with Gasteiger partial charge < -0.3 is 14.4 Å². The van der Waals surface area contributed by atoms with E-state index in [9.17, 15) is 4.79 Å². The Kier molecular flexibility index (Phi) is 5.81. The van der Waals surface area contributed by atoms with E-state index in [2.05, 4.69) is 4.90 Å². The molecule has 1 fully saturated rings. The van der Waals surface area contributed by atoms with Crippen molar-refractivity contribution >= 4 is 11.9 Å². The number of hydrogen-bond donors (Lipinski definition) is 0. The van der Waals surface area contributed by atoms with Crippen LogP contribution >= 0.6 is 0 Å². The molecule has 1 aliphatic rings. The summed E-state index contributed by atoms with van der Waals surface area (Å²) in [4.78, 5) is 14.3. The number of nitrogens with zero attached hydrogens (tertiary/aromatic N) is 1. The number of carbonyl (C=O) groups is 1. The lowest BCUT2D eigenvalue weighted by atomic mass is 10.1. The van der Waals surface area contributed by atoms with Gasteiger partial charge in [0, 0.05) is 18.5 Å². The average Bonchev–Trinajstić information content (AvgIpc) is 3.03. The Morgan fingerprint density at radius 2 is 2.00 bits per heavy atom. The summed E-state index contributed by atoms with van der Waals surface area (Å²) in [5.41, 5.74) is 0.853. The number of methoxy groups -OCH3 is 2. The van der Waals surface area contributed by atoms with Gasteiger partial charge in [-0.1, -0.05) is 12.1 Å². The maximum atomic E-state index is 11.9. The molecule has 1 aromatic carbocycles. The molecule has 1 aromatic rings. The Bertz CT molecular complexity index is 505. The number of para-hydroxylation sites is 1. The van der Waals surface area contributed by atoms with Crippen LogP contribution in [0.15, 0.2) is 24.3 Å². The predicted molar refractivity (Wildman–Crippen MR) is 83.9 cm³/mol. The molecular weight excluding hydrogens is 266 g/mol. The predicted octanol–water partition coefficient (Wildman–Crippen LogP) is 2.77. The van der Waals surface area contributed by atoms with E-state index in [0.29, 0.717) is 17.9 Å². The lowest BCUT2D eigenvalue weighted by molar-refractivity contribution is -0.114. The van der Waals surface area contributed by atoms with E-state index in [1.807, 2.05) is 18.2 Å². The summed E-state index contributed by atoms with van der Waals surface area (Å²) >= 11 is 0. The number of ether oxygens (including phenoxy) is 2. The van der Waals surface area contributed by atoms with Crippen LogP contribution in [-0.4, -0.2) is 44.5 Å². The standard InChI is InChI=1S/C17H23NO3/c1-20-16-7-5-6-14(17(16)21-2)8-9-15(19)10-13-18-11-3-4-12-18/h5-9H,3-4,10-13H2,1-2H3/b9-8-. The Labute approximate surface area is 126 Å². The first-order valence-corrected chi connectivity index (χ1v) is 7.39. The molecule has 0 aliphatic carbocycles. The Balaban J connectivity index is 1.94. The van der Waals surface area contributed by atoms with Crippen LogP contribution in [0.2, 0.25) is 0 Å². The van der Waals surface area contributed by atoms with Crippen LogP contribution in [0.3, 0.4) is 0 Å². The van der Waals surface area contributed by atoms with Gasteiger partial charge in [0.05, 0.1) is 14.2 Å². The highest BCUT2D eigenvalue weighted by molar-refractivity contribution is 5.94. The lowest BCUT2D eigenvalue weighted by Gasteiger charge is -2.12. The second-order valence-electron chi connectivity index (χ2n) is 5.18. The van der Waals surface area contributed by atoms with Gasteiger partial charge >= 0.3 is 0 Å². The van der Waals surface area contributed by atoms with Crippen molar-refractivity contribution in [2.45, 2.75) is 19.3 Å². The fraction of sp³-hybridized carbons (Fsp3) is 0.471. The van der Waals surface area contributed by atoms with Gasteiger partial charge in [0.15, 0.2) is 17.3 Å². The summed E-state index contributed by atoms with van der Waals surface area (Å²) in [5, 5.41) is 0. The molecule has 0 aromatic heterocycles. The van der Waals surface area contributed by atoms with E-state index in [0.717, 1.165) is 25.2 Å². The van der Waals surface area contributed by atoms with Crippen molar-refractivity contribution in [3.63, 3.8) is 0 Å². The van der Waals surface area contributed by atoms with Gasteiger partial charge in [-0.15, -0.1) is 0 Å². The first-order valence-electron chi connectivity index (χ1n) is 7.39. The second kappa shape index (κ2) is 7.84. The molecule has 0 unspecified atom stereocenters. The number of carbonyl (C=O) groups excluding carboxylic acids is 1. The number of rotatable bonds is 7. The van der Waals surface area contributed by atoms with Crippen molar-refractivity contribution in [1.82, 2.24) is 4.90 Å². The average molecular weight is 289 g/mol. The van der Waals surface area contributed by atoms with Crippen molar-refractivity contribution in [2.75, 3.05) is 33.9 Å². The maximum Gasteiger partial charge on any atom is 0.167 e. The monoisotopic (exact) mass is 289 g/mol. The van der Waals surface area contributed by atoms with Gasteiger partial charge in [0.1, 0.15) is 0 Å². The Morgan fingerprint density at radius 3 is 2.67 bits per heavy atom. The number of benzene rings is 1. The molecule has 114 valence electrons. The van der Waals surface area contributed by atoms with Gasteiger partial charge in [-0.2, -0.15) is 0 Å². The molecule has 4 heteroatoms. The van der Waals surface area contributed by atoms with E-state index in [1.165, 1.54) is 12.8 Å². The summed E-state index contributed by atoms with van der Waals surface area (Å²) in [6, 6.07) is 5.63. The lowest BCUT2D eigenvalue weighted by Crippen LogP contribution is -2.22. The molecule has 0 spiro atoms. The second-order valence-corrected chi connectivity index (χ2v) is 5.18. The highest BCUT2D eigenvalue weighted by Crippen LogP contribution is 2.31. The van der Waals surface area contributed by atoms with Gasteiger partial charge in [-0.05, 0) is 44.1 Å². The molecule has 0 amide bonds. The third kappa shape index (κ3) is 4.33. The van der Waals surface area contributed by atoms with Crippen LogP contribution in [-0.2, 0) is 4.79 Å². The largest absolute Gasteiger partial charge is 0.493 e. The third-order valence-electron chi connectivity index (χ3n) is 3.76. The Hall–Kier alpha value is -1.81. The zero-order valence-corrected chi connectivity index (χ0v) is 12.8.